The third kappa shape index (κ3) is 2.21. The minimum absolute atomic E-state index is 0.327. The van der Waals surface area contributed by atoms with E-state index in [0.29, 0.717) is 5.92 Å². The standard InChI is InChI=1S/C8H13NO/c9-8(10)6-5-7-3-1-2-4-7/h5-7H,1-4H2,(H2,9,10)/b6-5+. The molecule has 2 nitrogen and oxygen atoms in total. The highest BCUT2D eigenvalue weighted by Crippen LogP contribution is 2.25. The second-order valence-electron chi connectivity index (χ2n) is 2.81. The van der Waals surface area contributed by atoms with Crippen molar-refractivity contribution in [3.8, 4) is 0 Å². The van der Waals surface area contributed by atoms with Gasteiger partial charge in [0.25, 0.3) is 0 Å². The molecule has 1 aliphatic rings. The Morgan fingerprint density at radius 2 is 2.00 bits per heavy atom. The summed E-state index contributed by atoms with van der Waals surface area (Å²) in [7, 11) is 0. The molecule has 0 saturated heterocycles. The average Bonchev–Trinajstić information content (AvgIpc) is 2.34. The Hall–Kier alpha value is -0.790. The Labute approximate surface area is 61.1 Å². The first kappa shape index (κ1) is 7.32. The highest BCUT2D eigenvalue weighted by atomic mass is 16.1. The molecule has 1 saturated carbocycles. The van der Waals surface area contributed by atoms with Crippen molar-refractivity contribution in [2.24, 2.45) is 11.7 Å². The zero-order valence-electron chi connectivity index (χ0n) is 6.05. The van der Waals surface area contributed by atoms with E-state index in [1.54, 1.807) is 0 Å². The predicted molar refractivity (Wildman–Crippen MR) is 40.3 cm³/mol. The lowest BCUT2D eigenvalue weighted by atomic mass is 10.1. The normalized spacial score (nSPS) is 20.4. The molecule has 0 aromatic rings. The van der Waals surface area contributed by atoms with E-state index >= 15 is 0 Å². The summed E-state index contributed by atoms with van der Waals surface area (Å²) >= 11 is 0. The van der Waals surface area contributed by atoms with Gasteiger partial charge in [-0.3, -0.25) is 4.79 Å². The van der Waals surface area contributed by atoms with E-state index in [4.69, 9.17) is 5.73 Å². The molecular formula is C8H13NO. The summed E-state index contributed by atoms with van der Waals surface area (Å²) in [4.78, 5) is 10.3. The summed E-state index contributed by atoms with van der Waals surface area (Å²) < 4.78 is 0. The lowest BCUT2D eigenvalue weighted by Gasteiger charge is -1.97. The Morgan fingerprint density at radius 1 is 1.40 bits per heavy atom. The molecule has 0 spiro atoms. The van der Waals surface area contributed by atoms with Crippen molar-refractivity contribution in [2.45, 2.75) is 25.7 Å². The predicted octanol–water partition coefficient (Wildman–Crippen LogP) is 1.22. The zero-order chi connectivity index (χ0) is 7.40. The monoisotopic (exact) mass is 139 g/mol. The Bertz CT molecular complexity index is 145. The maximum atomic E-state index is 10.3. The Balaban J connectivity index is 2.29. The molecule has 2 N–H and O–H groups in total. The summed E-state index contributed by atoms with van der Waals surface area (Å²) in [6.07, 6.45) is 8.47. The molecule has 1 rings (SSSR count). The molecule has 0 atom stereocenters. The van der Waals surface area contributed by atoms with Gasteiger partial charge in [-0.05, 0) is 24.8 Å². The first-order valence-electron chi connectivity index (χ1n) is 3.76. The van der Waals surface area contributed by atoms with Crippen LogP contribution in [0.4, 0.5) is 0 Å². The summed E-state index contributed by atoms with van der Waals surface area (Å²) in [5.74, 6) is 0.291. The van der Waals surface area contributed by atoms with Gasteiger partial charge in [-0.2, -0.15) is 0 Å². The molecule has 56 valence electrons. The Kier molecular flexibility index (Phi) is 2.49. The second kappa shape index (κ2) is 3.40. The highest BCUT2D eigenvalue weighted by Gasteiger charge is 2.10. The summed E-state index contributed by atoms with van der Waals surface area (Å²) in [5, 5.41) is 0. The Morgan fingerprint density at radius 3 is 2.50 bits per heavy atom. The van der Waals surface area contributed by atoms with Gasteiger partial charge in [-0.15, -0.1) is 0 Å². The van der Waals surface area contributed by atoms with E-state index in [1.165, 1.54) is 31.8 Å². The van der Waals surface area contributed by atoms with Crippen LogP contribution in [0.3, 0.4) is 0 Å². The third-order valence-corrected chi connectivity index (χ3v) is 1.93. The number of carbonyl (C=O) groups is 1. The smallest absolute Gasteiger partial charge is 0.241 e. The van der Waals surface area contributed by atoms with E-state index in [1.807, 2.05) is 6.08 Å². The van der Waals surface area contributed by atoms with Gasteiger partial charge in [-0.1, -0.05) is 18.9 Å². The number of rotatable bonds is 2. The number of nitrogens with two attached hydrogens (primary N) is 1. The molecule has 0 radical (unpaired) electrons. The van der Waals surface area contributed by atoms with Crippen LogP contribution in [0.5, 0.6) is 0 Å². The molecule has 0 aromatic carbocycles. The van der Waals surface area contributed by atoms with Crippen LogP contribution in [0, 0.1) is 5.92 Å². The van der Waals surface area contributed by atoms with E-state index in [2.05, 4.69) is 0 Å². The van der Waals surface area contributed by atoms with E-state index in [-0.39, 0.29) is 5.91 Å². The molecule has 2 heteroatoms. The van der Waals surface area contributed by atoms with Gasteiger partial charge < -0.3 is 5.73 Å². The fourth-order valence-electron chi connectivity index (χ4n) is 1.38. The number of carbonyl (C=O) groups excluding carboxylic acids is 1. The molecule has 0 aromatic heterocycles. The molecule has 1 fully saturated rings. The van der Waals surface area contributed by atoms with Crippen molar-refractivity contribution in [3.63, 3.8) is 0 Å². The number of hydrogen-bond donors (Lipinski definition) is 1. The first-order chi connectivity index (χ1) is 4.79. The molecule has 0 unspecified atom stereocenters. The summed E-state index contributed by atoms with van der Waals surface area (Å²) in [6, 6.07) is 0. The van der Waals surface area contributed by atoms with Crippen molar-refractivity contribution in [1.82, 2.24) is 0 Å². The van der Waals surface area contributed by atoms with Crippen LogP contribution in [0.2, 0.25) is 0 Å². The fraction of sp³-hybridized carbons (Fsp3) is 0.625. The molecule has 10 heavy (non-hydrogen) atoms. The molecule has 0 aliphatic heterocycles. The molecule has 0 heterocycles. The van der Waals surface area contributed by atoms with Crippen LogP contribution in [-0.4, -0.2) is 5.91 Å². The maximum Gasteiger partial charge on any atom is 0.241 e. The fourth-order valence-corrected chi connectivity index (χ4v) is 1.38. The SMILES string of the molecule is NC(=O)/C=C/C1CCCC1. The van der Waals surface area contributed by atoms with Crippen LogP contribution >= 0.6 is 0 Å². The molecule has 1 aliphatic carbocycles. The van der Waals surface area contributed by atoms with Crippen LogP contribution in [0.25, 0.3) is 0 Å². The lowest BCUT2D eigenvalue weighted by molar-refractivity contribution is -0.113. The largest absolute Gasteiger partial charge is 0.366 e. The van der Waals surface area contributed by atoms with E-state index in [9.17, 15) is 4.79 Å². The number of primary amides is 1. The molecule has 1 amide bonds. The van der Waals surface area contributed by atoms with Gasteiger partial charge in [0.05, 0.1) is 0 Å². The van der Waals surface area contributed by atoms with Crippen LogP contribution in [-0.2, 0) is 4.79 Å². The molecule has 0 bridgehead atoms. The third-order valence-electron chi connectivity index (χ3n) is 1.93. The van der Waals surface area contributed by atoms with Crippen LogP contribution in [0.15, 0.2) is 12.2 Å². The van der Waals surface area contributed by atoms with Gasteiger partial charge in [0.2, 0.25) is 5.91 Å². The quantitative estimate of drug-likeness (QED) is 0.574. The van der Waals surface area contributed by atoms with Crippen molar-refractivity contribution in [1.29, 1.82) is 0 Å². The van der Waals surface area contributed by atoms with Crippen molar-refractivity contribution < 1.29 is 4.79 Å². The number of amides is 1. The summed E-state index contributed by atoms with van der Waals surface area (Å²) in [5.41, 5.74) is 4.94. The minimum atomic E-state index is -0.327. The molecular weight excluding hydrogens is 126 g/mol. The van der Waals surface area contributed by atoms with Crippen LogP contribution < -0.4 is 5.73 Å². The van der Waals surface area contributed by atoms with E-state index in [0.717, 1.165) is 0 Å². The topological polar surface area (TPSA) is 43.1 Å². The second-order valence-corrected chi connectivity index (χ2v) is 2.81. The lowest BCUT2D eigenvalue weighted by Crippen LogP contribution is -2.06. The number of allylic oxidation sites excluding steroid dienone is 1. The maximum absolute atomic E-state index is 10.3. The van der Waals surface area contributed by atoms with E-state index < -0.39 is 0 Å². The van der Waals surface area contributed by atoms with Gasteiger partial charge in [-0.25, -0.2) is 0 Å². The minimum Gasteiger partial charge on any atom is -0.366 e. The van der Waals surface area contributed by atoms with Crippen molar-refractivity contribution in [2.75, 3.05) is 0 Å². The summed E-state index contributed by atoms with van der Waals surface area (Å²) in [6.45, 7) is 0. The van der Waals surface area contributed by atoms with Gasteiger partial charge in [0.1, 0.15) is 0 Å². The zero-order valence-corrected chi connectivity index (χ0v) is 6.05. The first-order valence-corrected chi connectivity index (χ1v) is 3.76. The van der Waals surface area contributed by atoms with Gasteiger partial charge in [0.15, 0.2) is 0 Å². The van der Waals surface area contributed by atoms with Gasteiger partial charge >= 0.3 is 0 Å². The van der Waals surface area contributed by atoms with Gasteiger partial charge in [0, 0.05) is 0 Å². The highest BCUT2D eigenvalue weighted by molar-refractivity contribution is 5.85. The van der Waals surface area contributed by atoms with Crippen LogP contribution in [0.1, 0.15) is 25.7 Å². The van der Waals surface area contributed by atoms with Crippen molar-refractivity contribution in [3.05, 3.63) is 12.2 Å². The average molecular weight is 139 g/mol. The van der Waals surface area contributed by atoms with Crippen molar-refractivity contribution >= 4 is 5.91 Å². The number of hydrogen-bond acceptors (Lipinski definition) is 1.